The van der Waals surface area contributed by atoms with Crippen molar-refractivity contribution in [2.24, 2.45) is 12.8 Å². The van der Waals surface area contributed by atoms with Gasteiger partial charge in [-0.25, -0.2) is 0 Å². The molecule has 1 atom stereocenters. The molecule has 1 aromatic heterocycles. The fourth-order valence-electron chi connectivity index (χ4n) is 2.13. The van der Waals surface area contributed by atoms with E-state index in [1.807, 2.05) is 32.2 Å². The zero-order valence-corrected chi connectivity index (χ0v) is 11.7. The summed E-state index contributed by atoms with van der Waals surface area (Å²) < 4.78 is 12.4. The Kier molecular flexibility index (Phi) is 3.76. The van der Waals surface area contributed by atoms with Crippen molar-refractivity contribution in [2.45, 2.75) is 13.0 Å². The number of aryl methyl sites for hydroxylation is 2. The van der Waals surface area contributed by atoms with Gasteiger partial charge in [0.15, 0.2) is 5.75 Å². The molecule has 0 aliphatic heterocycles. The summed E-state index contributed by atoms with van der Waals surface area (Å²) in [6.45, 7) is 2.00. The summed E-state index contributed by atoms with van der Waals surface area (Å²) in [5.74, 6) is 1.52. The van der Waals surface area contributed by atoms with E-state index < -0.39 is 0 Å². The summed E-state index contributed by atoms with van der Waals surface area (Å²) in [4.78, 5) is 0. The summed E-state index contributed by atoms with van der Waals surface area (Å²) in [5.41, 5.74) is 9.20. The molecule has 102 valence electrons. The molecule has 5 heteroatoms. The molecule has 1 heterocycles. The molecule has 5 nitrogen and oxygen atoms in total. The van der Waals surface area contributed by atoms with Crippen LogP contribution < -0.4 is 15.2 Å². The Labute approximate surface area is 112 Å². The maximum atomic E-state index is 6.32. The molecule has 2 rings (SSSR count). The van der Waals surface area contributed by atoms with Gasteiger partial charge in [0.25, 0.3) is 0 Å². The van der Waals surface area contributed by atoms with Gasteiger partial charge in [0.05, 0.1) is 26.5 Å². The first-order valence-electron chi connectivity index (χ1n) is 6.04. The number of ether oxygens (including phenoxy) is 2. The second kappa shape index (κ2) is 5.32. The van der Waals surface area contributed by atoms with E-state index in [0.717, 1.165) is 22.6 Å². The largest absolute Gasteiger partial charge is 0.496 e. The monoisotopic (exact) mass is 261 g/mol. The van der Waals surface area contributed by atoms with Crippen molar-refractivity contribution in [3.8, 4) is 11.5 Å². The SMILES string of the molecule is COc1cc(C(N)c2c(OC)cnn2C)ccc1C. The lowest BCUT2D eigenvalue weighted by Gasteiger charge is -2.16. The van der Waals surface area contributed by atoms with Crippen LogP contribution in [0, 0.1) is 6.92 Å². The average Bonchev–Trinajstić information content (AvgIpc) is 2.79. The lowest BCUT2D eigenvalue weighted by molar-refractivity contribution is 0.404. The molecule has 0 aliphatic rings. The zero-order valence-electron chi connectivity index (χ0n) is 11.7. The van der Waals surface area contributed by atoms with E-state index in [9.17, 15) is 0 Å². The Bertz CT molecular complexity index is 578. The third-order valence-corrected chi connectivity index (χ3v) is 3.26. The van der Waals surface area contributed by atoms with Crippen molar-refractivity contribution in [3.05, 3.63) is 41.2 Å². The number of nitrogens with zero attached hydrogens (tertiary/aromatic N) is 2. The molecule has 0 fully saturated rings. The molecular weight excluding hydrogens is 242 g/mol. The Hall–Kier alpha value is -2.01. The van der Waals surface area contributed by atoms with Crippen LogP contribution in [0.1, 0.15) is 22.9 Å². The van der Waals surface area contributed by atoms with Crippen molar-refractivity contribution < 1.29 is 9.47 Å². The van der Waals surface area contributed by atoms with Gasteiger partial charge in [-0.05, 0) is 24.1 Å². The van der Waals surface area contributed by atoms with Gasteiger partial charge in [0.1, 0.15) is 11.4 Å². The minimum Gasteiger partial charge on any atom is -0.496 e. The third-order valence-electron chi connectivity index (χ3n) is 3.26. The van der Waals surface area contributed by atoms with E-state index in [4.69, 9.17) is 15.2 Å². The van der Waals surface area contributed by atoms with E-state index in [2.05, 4.69) is 5.10 Å². The highest BCUT2D eigenvalue weighted by molar-refractivity contribution is 5.42. The van der Waals surface area contributed by atoms with Gasteiger partial charge in [0, 0.05) is 7.05 Å². The van der Waals surface area contributed by atoms with Crippen LogP contribution in [0.5, 0.6) is 11.5 Å². The van der Waals surface area contributed by atoms with Crippen LogP contribution in [0.4, 0.5) is 0 Å². The molecule has 0 bridgehead atoms. The van der Waals surface area contributed by atoms with E-state index >= 15 is 0 Å². The topological polar surface area (TPSA) is 62.3 Å². The second-order valence-corrected chi connectivity index (χ2v) is 4.43. The molecule has 0 amide bonds. The van der Waals surface area contributed by atoms with Gasteiger partial charge >= 0.3 is 0 Å². The molecule has 1 unspecified atom stereocenters. The third kappa shape index (κ3) is 2.42. The number of aromatic nitrogens is 2. The molecule has 0 radical (unpaired) electrons. The quantitative estimate of drug-likeness (QED) is 0.911. The maximum Gasteiger partial charge on any atom is 0.161 e. The van der Waals surface area contributed by atoms with Crippen LogP contribution in [0.2, 0.25) is 0 Å². The highest BCUT2D eigenvalue weighted by Crippen LogP contribution is 2.30. The highest BCUT2D eigenvalue weighted by Gasteiger charge is 2.19. The summed E-state index contributed by atoms with van der Waals surface area (Å²) in [5, 5.41) is 4.17. The Morgan fingerprint density at radius 1 is 1.21 bits per heavy atom. The predicted octanol–water partition coefficient (Wildman–Crippen LogP) is 1.79. The van der Waals surface area contributed by atoms with Crippen molar-refractivity contribution >= 4 is 0 Å². The summed E-state index contributed by atoms with van der Waals surface area (Å²) in [6.07, 6.45) is 1.67. The lowest BCUT2D eigenvalue weighted by atomic mass is 10.0. The molecule has 0 saturated heterocycles. The number of rotatable bonds is 4. The zero-order chi connectivity index (χ0) is 14.0. The van der Waals surface area contributed by atoms with Gasteiger partial charge in [-0.1, -0.05) is 12.1 Å². The highest BCUT2D eigenvalue weighted by atomic mass is 16.5. The normalized spacial score (nSPS) is 12.3. The first-order valence-corrected chi connectivity index (χ1v) is 6.04. The minimum atomic E-state index is -0.308. The van der Waals surface area contributed by atoms with Gasteiger partial charge < -0.3 is 15.2 Å². The molecule has 0 spiro atoms. The van der Waals surface area contributed by atoms with Crippen LogP contribution >= 0.6 is 0 Å². The smallest absolute Gasteiger partial charge is 0.161 e. The summed E-state index contributed by atoms with van der Waals surface area (Å²) in [7, 11) is 5.12. The van der Waals surface area contributed by atoms with Gasteiger partial charge in [-0.3, -0.25) is 4.68 Å². The van der Waals surface area contributed by atoms with Crippen molar-refractivity contribution in [1.29, 1.82) is 0 Å². The van der Waals surface area contributed by atoms with E-state index in [0.29, 0.717) is 5.75 Å². The number of methoxy groups -OCH3 is 2. The summed E-state index contributed by atoms with van der Waals surface area (Å²) >= 11 is 0. The number of hydrogen-bond acceptors (Lipinski definition) is 4. The van der Waals surface area contributed by atoms with Crippen molar-refractivity contribution in [3.63, 3.8) is 0 Å². The van der Waals surface area contributed by atoms with E-state index in [1.165, 1.54) is 0 Å². The van der Waals surface area contributed by atoms with Crippen molar-refractivity contribution in [1.82, 2.24) is 9.78 Å². The van der Waals surface area contributed by atoms with E-state index in [-0.39, 0.29) is 6.04 Å². The van der Waals surface area contributed by atoms with Crippen LogP contribution in [0.25, 0.3) is 0 Å². The lowest BCUT2D eigenvalue weighted by Crippen LogP contribution is -2.17. The van der Waals surface area contributed by atoms with Gasteiger partial charge in [-0.2, -0.15) is 5.10 Å². The average molecular weight is 261 g/mol. The molecule has 19 heavy (non-hydrogen) atoms. The Morgan fingerprint density at radius 2 is 1.89 bits per heavy atom. The Balaban J connectivity index is 2.43. The molecule has 0 saturated carbocycles. The van der Waals surface area contributed by atoms with E-state index in [1.54, 1.807) is 25.1 Å². The van der Waals surface area contributed by atoms with Crippen LogP contribution in [0.15, 0.2) is 24.4 Å². The first-order chi connectivity index (χ1) is 9.08. The molecule has 1 aromatic carbocycles. The van der Waals surface area contributed by atoms with Crippen LogP contribution in [-0.2, 0) is 7.05 Å². The summed E-state index contributed by atoms with van der Waals surface area (Å²) in [6, 6.07) is 5.63. The Morgan fingerprint density at radius 3 is 2.53 bits per heavy atom. The molecule has 0 aliphatic carbocycles. The number of nitrogens with two attached hydrogens (primary N) is 1. The molecular formula is C14H19N3O2. The molecule has 2 N–H and O–H groups in total. The number of hydrogen-bond donors (Lipinski definition) is 1. The predicted molar refractivity (Wildman–Crippen MR) is 73.5 cm³/mol. The standard InChI is InChI=1S/C14H19N3O2/c1-9-5-6-10(7-11(9)18-3)13(15)14-12(19-4)8-16-17(14)2/h5-8,13H,15H2,1-4H3. The fraction of sp³-hybridized carbons (Fsp3) is 0.357. The minimum absolute atomic E-state index is 0.308. The number of benzene rings is 1. The van der Waals surface area contributed by atoms with Crippen LogP contribution in [0.3, 0.4) is 0 Å². The second-order valence-electron chi connectivity index (χ2n) is 4.43. The fourth-order valence-corrected chi connectivity index (χ4v) is 2.13. The van der Waals surface area contributed by atoms with Gasteiger partial charge in [0.2, 0.25) is 0 Å². The van der Waals surface area contributed by atoms with Gasteiger partial charge in [-0.15, -0.1) is 0 Å². The van der Waals surface area contributed by atoms with Crippen molar-refractivity contribution in [2.75, 3.05) is 14.2 Å². The maximum absolute atomic E-state index is 6.32. The first kappa shape index (κ1) is 13.4. The molecule has 2 aromatic rings. The van der Waals surface area contributed by atoms with Crippen LogP contribution in [-0.4, -0.2) is 24.0 Å².